The number of ether oxygens (including phenoxy) is 1. The van der Waals surface area contributed by atoms with Crippen LogP contribution >= 0.6 is 0 Å². The van der Waals surface area contributed by atoms with Crippen LogP contribution in [0.3, 0.4) is 0 Å². The predicted octanol–water partition coefficient (Wildman–Crippen LogP) is 3.73. The van der Waals surface area contributed by atoms with Crippen molar-refractivity contribution in [1.82, 2.24) is 10.6 Å². The second-order valence-corrected chi connectivity index (χ2v) is 8.53. The van der Waals surface area contributed by atoms with Crippen LogP contribution in [-0.2, 0) is 20.9 Å². The van der Waals surface area contributed by atoms with Crippen molar-refractivity contribution in [3.8, 4) is 0 Å². The van der Waals surface area contributed by atoms with Crippen LogP contribution in [-0.4, -0.2) is 36.6 Å². The molecule has 0 aliphatic carbocycles. The first-order valence-electron chi connectivity index (χ1n) is 10.6. The Bertz CT molecular complexity index is 1020. The molecule has 1 aliphatic rings. The molecule has 2 aromatic rings. The lowest BCUT2D eigenvalue weighted by Gasteiger charge is -2.27. The van der Waals surface area contributed by atoms with Crippen molar-refractivity contribution in [1.29, 1.82) is 0 Å². The van der Waals surface area contributed by atoms with Gasteiger partial charge in [-0.1, -0.05) is 54.6 Å². The fourth-order valence-electron chi connectivity index (χ4n) is 3.35. The molecule has 0 spiro atoms. The number of rotatable bonds is 5. The second-order valence-electron chi connectivity index (χ2n) is 8.53. The van der Waals surface area contributed by atoms with Crippen LogP contribution in [0, 0.1) is 0 Å². The number of nitrogens with one attached hydrogen (secondary N) is 2. The first-order valence-corrected chi connectivity index (χ1v) is 10.6. The maximum Gasteiger partial charge on any atom is 0.408 e. The van der Waals surface area contributed by atoms with E-state index in [2.05, 4.69) is 16.7 Å². The molecule has 0 aromatic heterocycles. The maximum atomic E-state index is 13.1. The van der Waals surface area contributed by atoms with Gasteiger partial charge in [-0.15, -0.1) is 0 Å². The molecule has 0 fully saturated rings. The van der Waals surface area contributed by atoms with Crippen molar-refractivity contribution in [2.45, 2.75) is 39.3 Å². The molecular formula is C25H29N3O4. The van der Waals surface area contributed by atoms with Gasteiger partial charge in [0, 0.05) is 13.0 Å². The Labute approximate surface area is 188 Å². The van der Waals surface area contributed by atoms with E-state index in [9.17, 15) is 14.4 Å². The number of anilines is 1. The molecule has 0 atom stereocenters. The van der Waals surface area contributed by atoms with Crippen molar-refractivity contribution >= 4 is 35.7 Å². The summed E-state index contributed by atoms with van der Waals surface area (Å²) in [6, 6.07) is 15.7. The van der Waals surface area contributed by atoms with Gasteiger partial charge in [0.1, 0.15) is 5.60 Å². The first-order chi connectivity index (χ1) is 15.2. The lowest BCUT2D eigenvalue weighted by Crippen LogP contribution is -2.41. The highest BCUT2D eigenvalue weighted by Crippen LogP contribution is 2.29. The molecule has 0 bridgehead atoms. The lowest BCUT2D eigenvalue weighted by atomic mass is 10.0. The number of hydrogen-bond acceptors (Lipinski definition) is 4. The number of benzene rings is 2. The topological polar surface area (TPSA) is 87.7 Å². The molecule has 3 rings (SSSR count). The van der Waals surface area contributed by atoms with E-state index in [0.29, 0.717) is 6.54 Å². The van der Waals surface area contributed by atoms with Crippen LogP contribution in [0.5, 0.6) is 0 Å². The zero-order valence-corrected chi connectivity index (χ0v) is 18.7. The van der Waals surface area contributed by atoms with E-state index in [1.54, 1.807) is 25.7 Å². The zero-order chi connectivity index (χ0) is 23.1. The minimum atomic E-state index is -0.660. The van der Waals surface area contributed by atoms with Gasteiger partial charge in [0.25, 0.3) is 0 Å². The highest BCUT2D eigenvalue weighted by atomic mass is 16.6. The predicted molar refractivity (Wildman–Crippen MR) is 125 cm³/mol. The smallest absolute Gasteiger partial charge is 0.408 e. The summed E-state index contributed by atoms with van der Waals surface area (Å²) >= 11 is 0. The van der Waals surface area contributed by atoms with Gasteiger partial charge in [-0.3, -0.25) is 9.59 Å². The van der Waals surface area contributed by atoms with E-state index in [0.717, 1.165) is 22.4 Å². The van der Waals surface area contributed by atoms with Crippen LogP contribution in [0.1, 0.15) is 43.9 Å². The van der Waals surface area contributed by atoms with Gasteiger partial charge in [-0.25, -0.2) is 4.79 Å². The number of nitrogens with zero attached hydrogens (tertiary/aromatic N) is 1. The van der Waals surface area contributed by atoms with Gasteiger partial charge in [0.2, 0.25) is 11.8 Å². The Kier molecular flexibility index (Phi) is 7.30. The molecule has 2 aromatic carbocycles. The van der Waals surface area contributed by atoms with Crippen LogP contribution in [0.15, 0.2) is 48.5 Å². The zero-order valence-electron chi connectivity index (χ0n) is 18.7. The molecule has 3 amide bonds. The Morgan fingerprint density at radius 3 is 2.34 bits per heavy atom. The second kappa shape index (κ2) is 10.1. The molecule has 1 heterocycles. The minimum absolute atomic E-state index is 0.0945. The lowest BCUT2D eigenvalue weighted by molar-refractivity contribution is -0.121. The van der Waals surface area contributed by atoms with Crippen LogP contribution < -0.4 is 15.5 Å². The van der Waals surface area contributed by atoms with E-state index in [1.165, 1.54) is 0 Å². The summed E-state index contributed by atoms with van der Waals surface area (Å²) in [4.78, 5) is 38.5. The Hall–Kier alpha value is -3.61. The van der Waals surface area contributed by atoms with Crippen LogP contribution in [0.2, 0.25) is 0 Å². The standard InChI is InChI=1S/C25H29N3O4/c1-25(2,3)32-24(31)27-16-22(29)26-15-14-23(30)28-17-20-10-5-4-8-18(20)12-13-19-9-6-7-11-21(19)28/h4-13H,14-17H2,1-3H3,(H,26,29)(H,27,31)/b13-12-. The van der Waals surface area contributed by atoms with Gasteiger partial charge in [-0.2, -0.15) is 0 Å². The highest BCUT2D eigenvalue weighted by molar-refractivity contribution is 5.97. The summed E-state index contributed by atoms with van der Waals surface area (Å²) in [5.74, 6) is -0.479. The molecular weight excluding hydrogens is 406 g/mol. The highest BCUT2D eigenvalue weighted by Gasteiger charge is 2.21. The van der Waals surface area contributed by atoms with Gasteiger partial charge in [-0.05, 0) is 43.5 Å². The Morgan fingerprint density at radius 2 is 1.59 bits per heavy atom. The first kappa shape index (κ1) is 23.1. The maximum absolute atomic E-state index is 13.1. The third-order valence-corrected chi connectivity index (χ3v) is 4.81. The van der Waals surface area contributed by atoms with E-state index < -0.39 is 11.7 Å². The minimum Gasteiger partial charge on any atom is -0.444 e. The number of alkyl carbamates (subject to hydrolysis) is 1. The number of fused-ring (bicyclic) bond motifs is 2. The molecule has 7 nitrogen and oxygen atoms in total. The SMILES string of the molecule is CC(C)(C)OC(=O)NCC(=O)NCCC(=O)N1Cc2ccccc2/C=C\c2ccccc21. The monoisotopic (exact) mass is 435 g/mol. The van der Waals surface area contributed by atoms with Crippen molar-refractivity contribution in [3.63, 3.8) is 0 Å². The molecule has 1 aliphatic heterocycles. The fraction of sp³-hybridized carbons (Fsp3) is 0.320. The summed E-state index contributed by atoms with van der Waals surface area (Å²) in [5.41, 5.74) is 3.28. The number of para-hydroxylation sites is 1. The van der Waals surface area contributed by atoms with Crippen molar-refractivity contribution in [2.75, 3.05) is 18.0 Å². The normalized spacial score (nSPS) is 13.7. The van der Waals surface area contributed by atoms with Crippen molar-refractivity contribution < 1.29 is 19.1 Å². The molecule has 7 heteroatoms. The Morgan fingerprint density at radius 1 is 0.938 bits per heavy atom. The quantitative estimate of drug-likeness (QED) is 0.749. The number of carbonyl (C=O) groups is 3. The van der Waals surface area contributed by atoms with Crippen LogP contribution in [0.4, 0.5) is 10.5 Å². The van der Waals surface area contributed by atoms with E-state index in [4.69, 9.17) is 4.74 Å². The third kappa shape index (κ3) is 6.44. The number of hydrogen-bond donors (Lipinski definition) is 2. The molecule has 168 valence electrons. The summed E-state index contributed by atoms with van der Waals surface area (Å²) in [6.07, 6.45) is 3.55. The molecule has 2 N–H and O–H groups in total. The molecule has 0 saturated heterocycles. The van der Waals surface area contributed by atoms with E-state index in [1.807, 2.05) is 54.6 Å². The third-order valence-electron chi connectivity index (χ3n) is 4.81. The van der Waals surface area contributed by atoms with Crippen molar-refractivity contribution in [2.24, 2.45) is 0 Å². The largest absolute Gasteiger partial charge is 0.444 e. The average molecular weight is 436 g/mol. The number of carbonyl (C=O) groups excluding carboxylic acids is 3. The molecule has 0 saturated carbocycles. The van der Waals surface area contributed by atoms with Crippen molar-refractivity contribution in [3.05, 3.63) is 65.2 Å². The average Bonchev–Trinajstić information content (AvgIpc) is 2.72. The summed E-state index contributed by atoms with van der Waals surface area (Å²) < 4.78 is 5.10. The number of amides is 3. The van der Waals surface area contributed by atoms with E-state index in [-0.39, 0.29) is 31.3 Å². The van der Waals surface area contributed by atoms with Gasteiger partial charge in [0.15, 0.2) is 0 Å². The van der Waals surface area contributed by atoms with E-state index >= 15 is 0 Å². The molecule has 32 heavy (non-hydrogen) atoms. The van der Waals surface area contributed by atoms with Gasteiger partial charge < -0.3 is 20.3 Å². The fourth-order valence-corrected chi connectivity index (χ4v) is 3.35. The van der Waals surface area contributed by atoms with Gasteiger partial charge in [0.05, 0.1) is 18.8 Å². The summed E-state index contributed by atoms with van der Waals surface area (Å²) in [5, 5.41) is 5.07. The summed E-state index contributed by atoms with van der Waals surface area (Å²) in [7, 11) is 0. The molecule has 0 unspecified atom stereocenters. The summed E-state index contributed by atoms with van der Waals surface area (Å²) in [6.45, 7) is 5.64. The van der Waals surface area contributed by atoms with Gasteiger partial charge >= 0.3 is 6.09 Å². The molecule has 0 radical (unpaired) electrons. The van der Waals surface area contributed by atoms with Crippen LogP contribution in [0.25, 0.3) is 12.2 Å². The Balaban J connectivity index is 1.59.